The Kier molecular flexibility index (Phi) is 6.16. The minimum Gasteiger partial charge on any atom is -0.458 e. The van der Waals surface area contributed by atoms with Crippen LogP contribution in [0.2, 0.25) is 0 Å². The quantitative estimate of drug-likeness (QED) is 0.399. The Morgan fingerprint density at radius 2 is 1.81 bits per heavy atom. The summed E-state index contributed by atoms with van der Waals surface area (Å²) >= 11 is 0. The number of aliphatic hydroxyl groups is 3. The number of rotatable bonds is 3. The number of esters is 1. The van der Waals surface area contributed by atoms with Crippen molar-refractivity contribution in [3.63, 3.8) is 0 Å². The number of carbonyl (C=O) groups excluding carboxylic acids is 1. The lowest BCUT2D eigenvalue weighted by molar-refractivity contribution is -0.270. The Morgan fingerprint density at radius 1 is 1.00 bits per heavy atom. The maximum atomic E-state index is 12.4. The number of ether oxygens (including phenoxy) is 3. The van der Waals surface area contributed by atoms with E-state index in [-0.39, 0.29) is 28.8 Å². The van der Waals surface area contributed by atoms with Gasteiger partial charge in [-0.2, -0.15) is 0 Å². The molecule has 1 saturated heterocycles. The highest BCUT2D eigenvalue weighted by Gasteiger charge is 2.67. The molecule has 6 rings (SSSR count). The van der Waals surface area contributed by atoms with E-state index in [0.717, 1.165) is 63.4 Å². The Balaban J connectivity index is 1.15. The summed E-state index contributed by atoms with van der Waals surface area (Å²) < 4.78 is 17.4. The third-order valence-corrected chi connectivity index (χ3v) is 12.0. The molecular formula is C29H44O7. The van der Waals surface area contributed by atoms with Crippen LogP contribution in [0.1, 0.15) is 85.0 Å². The van der Waals surface area contributed by atoms with E-state index >= 15 is 0 Å². The fourth-order valence-electron chi connectivity index (χ4n) is 9.82. The lowest BCUT2D eigenvalue weighted by Gasteiger charge is -2.63. The fraction of sp³-hybridized carbons (Fsp3) is 0.897. The minimum absolute atomic E-state index is 0.110. The molecule has 6 aliphatic rings. The van der Waals surface area contributed by atoms with E-state index in [4.69, 9.17) is 14.2 Å². The van der Waals surface area contributed by atoms with Crippen LogP contribution in [-0.4, -0.2) is 64.2 Å². The molecule has 0 amide bonds. The topological polar surface area (TPSA) is 105 Å². The Labute approximate surface area is 214 Å². The van der Waals surface area contributed by atoms with Crippen molar-refractivity contribution in [3.05, 3.63) is 11.6 Å². The number of aliphatic hydroxyl groups excluding tert-OH is 2. The second-order valence-corrected chi connectivity index (χ2v) is 13.4. The molecule has 0 aromatic carbocycles. The zero-order valence-corrected chi connectivity index (χ0v) is 22.0. The van der Waals surface area contributed by atoms with E-state index in [0.29, 0.717) is 30.8 Å². The highest BCUT2D eigenvalue weighted by atomic mass is 16.7. The average molecular weight is 505 g/mol. The average Bonchev–Trinajstić information content (AvgIpc) is 3.37. The molecule has 4 aliphatic carbocycles. The standard InChI is InChI=1S/C29H44O7/c1-16-26(32)23(30)14-25(35-16)36-19-6-9-27(2)18(13-19)4-5-22-21(27)7-10-28(3)20(8-11-29(22,28)33)17-12-24(31)34-15-17/h12,16,18-23,25-26,30,32-33H,4-11,13-15H2,1-3H3/t16-,18-,19+,20-,21+,22-,23+,25-,26-,27+,28-,29-/m1/s1. The van der Waals surface area contributed by atoms with Gasteiger partial charge in [-0.3, -0.25) is 0 Å². The van der Waals surface area contributed by atoms with Gasteiger partial charge in [0.2, 0.25) is 0 Å². The summed E-state index contributed by atoms with van der Waals surface area (Å²) in [4.78, 5) is 11.8. The molecule has 7 heteroatoms. The zero-order valence-electron chi connectivity index (χ0n) is 22.0. The lowest BCUT2D eigenvalue weighted by Crippen LogP contribution is -2.62. The fourth-order valence-corrected chi connectivity index (χ4v) is 9.82. The summed E-state index contributed by atoms with van der Waals surface area (Å²) in [6, 6.07) is 0. The van der Waals surface area contributed by atoms with E-state index in [1.807, 2.05) is 0 Å². The molecule has 12 atom stereocenters. The Hall–Kier alpha value is -0.990. The van der Waals surface area contributed by atoms with Crippen LogP contribution in [-0.2, 0) is 19.0 Å². The van der Waals surface area contributed by atoms with Gasteiger partial charge in [0.05, 0.1) is 23.9 Å². The highest BCUT2D eigenvalue weighted by Crippen LogP contribution is 2.70. The Morgan fingerprint density at radius 3 is 2.53 bits per heavy atom. The van der Waals surface area contributed by atoms with Gasteiger partial charge in [-0.1, -0.05) is 13.8 Å². The van der Waals surface area contributed by atoms with Crippen LogP contribution >= 0.6 is 0 Å². The molecule has 0 radical (unpaired) electrons. The van der Waals surface area contributed by atoms with Crippen molar-refractivity contribution in [3.8, 4) is 0 Å². The second kappa shape index (κ2) is 8.77. The molecule has 0 aromatic rings. The van der Waals surface area contributed by atoms with Gasteiger partial charge in [0, 0.05) is 17.9 Å². The van der Waals surface area contributed by atoms with Crippen LogP contribution in [0.4, 0.5) is 0 Å². The van der Waals surface area contributed by atoms with Gasteiger partial charge in [0.25, 0.3) is 0 Å². The van der Waals surface area contributed by atoms with Gasteiger partial charge in [-0.15, -0.1) is 0 Å². The first-order valence-electron chi connectivity index (χ1n) is 14.3. The molecule has 2 heterocycles. The molecule has 0 bridgehead atoms. The van der Waals surface area contributed by atoms with Gasteiger partial charge in [0.1, 0.15) is 12.7 Å². The van der Waals surface area contributed by atoms with Crippen molar-refractivity contribution in [2.45, 2.75) is 121 Å². The van der Waals surface area contributed by atoms with E-state index < -0.39 is 30.2 Å². The number of hydrogen-bond acceptors (Lipinski definition) is 7. The first-order valence-corrected chi connectivity index (χ1v) is 14.3. The molecule has 202 valence electrons. The molecule has 36 heavy (non-hydrogen) atoms. The first kappa shape index (κ1) is 25.3. The summed E-state index contributed by atoms with van der Waals surface area (Å²) in [5.74, 6) is 1.37. The van der Waals surface area contributed by atoms with Crippen molar-refractivity contribution >= 4 is 5.97 Å². The lowest BCUT2D eigenvalue weighted by atomic mass is 9.43. The third-order valence-electron chi connectivity index (χ3n) is 12.0. The molecule has 2 aliphatic heterocycles. The molecule has 0 aromatic heterocycles. The van der Waals surface area contributed by atoms with Gasteiger partial charge in [-0.25, -0.2) is 4.79 Å². The Bertz CT molecular complexity index is 907. The van der Waals surface area contributed by atoms with Crippen LogP contribution in [0, 0.1) is 34.5 Å². The van der Waals surface area contributed by atoms with Crippen LogP contribution in [0.25, 0.3) is 0 Å². The van der Waals surface area contributed by atoms with Gasteiger partial charge in [0.15, 0.2) is 6.29 Å². The van der Waals surface area contributed by atoms with Crippen LogP contribution in [0.3, 0.4) is 0 Å². The van der Waals surface area contributed by atoms with Crippen LogP contribution < -0.4 is 0 Å². The predicted octanol–water partition coefficient (Wildman–Crippen LogP) is 3.49. The number of carbonyl (C=O) groups is 1. The summed E-state index contributed by atoms with van der Waals surface area (Å²) in [6.45, 7) is 6.92. The van der Waals surface area contributed by atoms with E-state index in [1.165, 1.54) is 0 Å². The van der Waals surface area contributed by atoms with E-state index in [1.54, 1.807) is 13.0 Å². The largest absolute Gasteiger partial charge is 0.458 e. The zero-order chi connectivity index (χ0) is 25.5. The van der Waals surface area contributed by atoms with E-state index in [2.05, 4.69) is 13.8 Å². The summed E-state index contributed by atoms with van der Waals surface area (Å²) in [7, 11) is 0. The predicted molar refractivity (Wildman–Crippen MR) is 132 cm³/mol. The molecule has 5 fully saturated rings. The maximum absolute atomic E-state index is 12.4. The smallest absolute Gasteiger partial charge is 0.331 e. The van der Waals surface area contributed by atoms with Gasteiger partial charge in [-0.05, 0) is 99.4 Å². The third kappa shape index (κ3) is 3.67. The highest BCUT2D eigenvalue weighted by molar-refractivity contribution is 5.85. The van der Waals surface area contributed by atoms with Crippen LogP contribution in [0.5, 0.6) is 0 Å². The van der Waals surface area contributed by atoms with Crippen molar-refractivity contribution in [1.29, 1.82) is 0 Å². The summed E-state index contributed by atoms with van der Waals surface area (Å²) in [5, 5.41) is 32.5. The van der Waals surface area contributed by atoms with E-state index in [9.17, 15) is 20.1 Å². The summed E-state index contributed by atoms with van der Waals surface area (Å²) in [5.41, 5.74) is 0.404. The van der Waals surface area contributed by atoms with Crippen molar-refractivity contribution in [2.24, 2.45) is 34.5 Å². The number of cyclic esters (lactones) is 1. The van der Waals surface area contributed by atoms with Gasteiger partial charge < -0.3 is 29.5 Å². The molecule has 7 nitrogen and oxygen atoms in total. The molecule has 4 saturated carbocycles. The van der Waals surface area contributed by atoms with Gasteiger partial charge >= 0.3 is 5.97 Å². The maximum Gasteiger partial charge on any atom is 0.331 e. The van der Waals surface area contributed by atoms with Crippen molar-refractivity contribution in [1.82, 2.24) is 0 Å². The SMILES string of the molecule is C[C@H]1O[C@H](O[C@H]2CC[C@@]3(C)[C@H](CC[C@@H]4[C@@H]3CC[C@]3(C)[C@@H](C5=CC(=O)OC5)CC[C@@]43O)C2)C[C@H](O)[C@@H]1O. The molecule has 0 unspecified atom stereocenters. The number of fused-ring (bicyclic) bond motifs is 5. The van der Waals surface area contributed by atoms with Crippen molar-refractivity contribution < 1.29 is 34.3 Å². The molecular weight excluding hydrogens is 460 g/mol. The normalized spacial score (nSPS) is 54.8. The second-order valence-electron chi connectivity index (χ2n) is 13.4. The summed E-state index contributed by atoms with van der Waals surface area (Å²) in [6.07, 6.45) is 8.64. The molecule has 0 spiro atoms. The first-order chi connectivity index (χ1) is 17.0. The van der Waals surface area contributed by atoms with Crippen LogP contribution in [0.15, 0.2) is 11.6 Å². The van der Waals surface area contributed by atoms with Crippen molar-refractivity contribution in [2.75, 3.05) is 6.61 Å². The monoisotopic (exact) mass is 504 g/mol. The minimum atomic E-state index is -0.856. The molecule has 3 N–H and O–H groups in total. The number of hydrogen-bond donors (Lipinski definition) is 3.